The van der Waals surface area contributed by atoms with Gasteiger partial charge in [0.15, 0.2) is 0 Å². The fraction of sp³-hybridized carbons (Fsp3) is 0.500. The topological polar surface area (TPSA) is 50.3 Å². The van der Waals surface area contributed by atoms with Gasteiger partial charge in [-0.05, 0) is 12.5 Å². The van der Waals surface area contributed by atoms with Crippen molar-refractivity contribution < 1.29 is 12.8 Å². The van der Waals surface area contributed by atoms with Gasteiger partial charge in [-0.1, -0.05) is 22.9 Å². The van der Waals surface area contributed by atoms with Gasteiger partial charge in [-0.25, -0.2) is 17.1 Å². The summed E-state index contributed by atoms with van der Waals surface area (Å²) in [6, 6.07) is 0.969. The van der Waals surface area contributed by atoms with Crippen molar-refractivity contribution in [1.29, 1.82) is 0 Å². The summed E-state index contributed by atoms with van der Waals surface area (Å²) in [7, 11) is -2.18. The molecule has 0 radical (unpaired) electrons. The highest BCUT2D eigenvalue weighted by molar-refractivity contribution is 9.09. The van der Waals surface area contributed by atoms with E-state index >= 15 is 0 Å². The standard InChI is InChI=1S/C10H14BrFN2O2S/c1-8(11)3-4-14(2)17(15,16)10-5-9(12)6-13-7-10/h5-8H,3-4H2,1-2H3. The van der Waals surface area contributed by atoms with Gasteiger partial charge in [0, 0.05) is 24.6 Å². The van der Waals surface area contributed by atoms with Crippen LogP contribution in [0.3, 0.4) is 0 Å². The van der Waals surface area contributed by atoms with Crippen LogP contribution in [-0.2, 0) is 10.0 Å². The molecule has 1 aromatic heterocycles. The van der Waals surface area contributed by atoms with Gasteiger partial charge in [0.25, 0.3) is 0 Å². The third kappa shape index (κ3) is 4.01. The number of hydrogen-bond acceptors (Lipinski definition) is 3. The predicted molar refractivity (Wildman–Crippen MR) is 67.0 cm³/mol. The number of rotatable bonds is 5. The Kier molecular flexibility index (Phi) is 5.03. The summed E-state index contributed by atoms with van der Waals surface area (Å²) in [6.45, 7) is 2.30. The van der Waals surface area contributed by atoms with Crippen LogP contribution in [0.5, 0.6) is 0 Å². The van der Waals surface area contributed by atoms with E-state index in [1.54, 1.807) is 0 Å². The molecule has 0 aliphatic heterocycles. The summed E-state index contributed by atoms with van der Waals surface area (Å²) in [4.78, 5) is 3.64. The van der Waals surface area contributed by atoms with Gasteiger partial charge in [0.2, 0.25) is 10.0 Å². The van der Waals surface area contributed by atoms with E-state index in [0.29, 0.717) is 13.0 Å². The van der Waals surface area contributed by atoms with Crippen molar-refractivity contribution in [2.75, 3.05) is 13.6 Å². The van der Waals surface area contributed by atoms with Gasteiger partial charge in [0.1, 0.15) is 10.7 Å². The highest BCUT2D eigenvalue weighted by atomic mass is 79.9. The zero-order chi connectivity index (χ0) is 13.1. The number of halogens is 2. The molecule has 0 fully saturated rings. The van der Waals surface area contributed by atoms with Crippen molar-refractivity contribution in [3.63, 3.8) is 0 Å². The van der Waals surface area contributed by atoms with Crippen molar-refractivity contribution >= 4 is 26.0 Å². The molecule has 1 rings (SSSR count). The Balaban J connectivity index is 2.88. The average molecular weight is 325 g/mol. The fourth-order valence-electron chi connectivity index (χ4n) is 1.19. The first-order valence-corrected chi connectivity index (χ1v) is 7.40. The van der Waals surface area contributed by atoms with E-state index in [-0.39, 0.29) is 9.72 Å². The lowest BCUT2D eigenvalue weighted by Crippen LogP contribution is -2.29. The van der Waals surface area contributed by atoms with E-state index in [2.05, 4.69) is 20.9 Å². The average Bonchev–Trinajstić information content (AvgIpc) is 2.25. The summed E-state index contributed by atoms with van der Waals surface area (Å²) in [6.07, 6.45) is 2.80. The Labute approximate surface area is 109 Å². The minimum atomic E-state index is -3.65. The molecule has 7 heteroatoms. The quantitative estimate of drug-likeness (QED) is 0.778. The molecule has 4 nitrogen and oxygen atoms in total. The first-order chi connectivity index (χ1) is 7.84. The Morgan fingerprint density at radius 3 is 2.71 bits per heavy atom. The Hall–Kier alpha value is -0.530. The monoisotopic (exact) mass is 324 g/mol. The van der Waals surface area contributed by atoms with Crippen LogP contribution in [0.2, 0.25) is 0 Å². The zero-order valence-electron chi connectivity index (χ0n) is 9.60. The van der Waals surface area contributed by atoms with E-state index in [1.807, 2.05) is 6.92 Å². The van der Waals surface area contributed by atoms with Crippen LogP contribution < -0.4 is 0 Å². The van der Waals surface area contributed by atoms with Gasteiger partial charge in [-0.15, -0.1) is 0 Å². The first-order valence-electron chi connectivity index (χ1n) is 5.05. The molecular weight excluding hydrogens is 311 g/mol. The second kappa shape index (κ2) is 5.88. The molecule has 17 heavy (non-hydrogen) atoms. The highest BCUT2D eigenvalue weighted by Gasteiger charge is 2.21. The van der Waals surface area contributed by atoms with Crippen molar-refractivity contribution in [2.24, 2.45) is 0 Å². The summed E-state index contributed by atoms with van der Waals surface area (Å²) < 4.78 is 38.1. The van der Waals surface area contributed by atoms with Crippen LogP contribution in [0.25, 0.3) is 0 Å². The van der Waals surface area contributed by atoms with Crippen molar-refractivity contribution in [3.8, 4) is 0 Å². The SMILES string of the molecule is CC(Br)CCN(C)S(=O)(=O)c1cncc(F)c1. The Morgan fingerprint density at radius 2 is 2.18 bits per heavy atom. The van der Waals surface area contributed by atoms with Crippen LogP contribution in [0.4, 0.5) is 4.39 Å². The molecule has 96 valence electrons. The number of sulfonamides is 1. The lowest BCUT2D eigenvalue weighted by molar-refractivity contribution is 0.461. The Morgan fingerprint density at radius 1 is 1.53 bits per heavy atom. The van der Waals surface area contributed by atoms with Gasteiger partial charge < -0.3 is 0 Å². The molecule has 0 saturated heterocycles. The maximum absolute atomic E-state index is 12.9. The summed E-state index contributed by atoms with van der Waals surface area (Å²) in [5.74, 6) is -0.659. The highest BCUT2D eigenvalue weighted by Crippen LogP contribution is 2.15. The number of alkyl halides is 1. The first kappa shape index (κ1) is 14.5. The lowest BCUT2D eigenvalue weighted by atomic mass is 10.3. The molecule has 0 N–H and O–H groups in total. The van der Waals surface area contributed by atoms with Crippen LogP contribution in [0.1, 0.15) is 13.3 Å². The minimum absolute atomic E-state index is 0.123. The molecule has 1 unspecified atom stereocenters. The molecule has 0 bridgehead atoms. The van der Waals surface area contributed by atoms with Crippen LogP contribution >= 0.6 is 15.9 Å². The number of hydrogen-bond donors (Lipinski definition) is 0. The maximum Gasteiger partial charge on any atom is 0.244 e. The normalized spacial score (nSPS) is 13.9. The zero-order valence-corrected chi connectivity index (χ0v) is 12.0. The van der Waals surface area contributed by atoms with E-state index in [4.69, 9.17) is 0 Å². The fourth-order valence-corrected chi connectivity index (χ4v) is 2.56. The predicted octanol–water partition coefficient (Wildman–Crippen LogP) is 2.01. The minimum Gasteiger partial charge on any atom is -0.260 e. The van der Waals surface area contributed by atoms with E-state index in [9.17, 15) is 12.8 Å². The molecule has 1 atom stereocenters. The van der Waals surface area contributed by atoms with Crippen LogP contribution in [0.15, 0.2) is 23.4 Å². The molecule has 1 heterocycles. The molecule has 0 aromatic carbocycles. The van der Waals surface area contributed by atoms with E-state index < -0.39 is 15.8 Å². The van der Waals surface area contributed by atoms with Crippen molar-refractivity contribution in [2.45, 2.75) is 23.1 Å². The number of nitrogens with zero attached hydrogens (tertiary/aromatic N) is 2. The van der Waals surface area contributed by atoms with Gasteiger partial charge in [0.05, 0.1) is 6.20 Å². The maximum atomic E-state index is 12.9. The van der Waals surface area contributed by atoms with Crippen LogP contribution in [-0.4, -0.2) is 36.1 Å². The van der Waals surface area contributed by atoms with E-state index in [0.717, 1.165) is 18.5 Å². The van der Waals surface area contributed by atoms with Crippen molar-refractivity contribution in [1.82, 2.24) is 9.29 Å². The third-order valence-corrected chi connectivity index (χ3v) is 4.51. The molecule has 0 aliphatic rings. The number of pyridine rings is 1. The van der Waals surface area contributed by atoms with E-state index in [1.165, 1.54) is 11.4 Å². The van der Waals surface area contributed by atoms with Gasteiger partial charge >= 0.3 is 0 Å². The molecule has 0 aliphatic carbocycles. The second-order valence-electron chi connectivity index (χ2n) is 3.73. The van der Waals surface area contributed by atoms with Gasteiger partial charge in [-0.3, -0.25) is 4.98 Å². The lowest BCUT2D eigenvalue weighted by Gasteiger charge is -2.17. The van der Waals surface area contributed by atoms with Gasteiger partial charge in [-0.2, -0.15) is 0 Å². The smallest absolute Gasteiger partial charge is 0.244 e. The summed E-state index contributed by atoms with van der Waals surface area (Å²) in [5.41, 5.74) is 0. The largest absolute Gasteiger partial charge is 0.260 e. The molecule has 0 spiro atoms. The molecule has 0 saturated carbocycles. The molecule has 1 aromatic rings. The van der Waals surface area contributed by atoms with Crippen LogP contribution in [0, 0.1) is 5.82 Å². The summed E-state index contributed by atoms with van der Waals surface area (Å²) >= 11 is 3.34. The Bertz CT molecular complexity index is 479. The molecular formula is C10H14BrFN2O2S. The number of aromatic nitrogens is 1. The third-order valence-electron chi connectivity index (χ3n) is 2.23. The van der Waals surface area contributed by atoms with Crippen molar-refractivity contribution in [3.05, 3.63) is 24.3 Å². The summed E-state index contributed by atoms with van der Waals surface area (Å²) in [5, 5.41) is 0. The molecule has 0 amide bonds. The second-order valence-corrected chi connectivity index (χ2v) is 7.34.